The zero-order valence-electron chi connectivity index (χ0n) is 10.9. The third kappa shape index (κ3) is 2.64. The quantitative estimate of drug-likeness (QED) is 0.712. The minimum Gasteiger partial charge on any atom is -0.485 e. The van der Waals surface area contributed by atoms with Crippen molar-refractivity contribution in [1.82, 2.24) is 10.2 Å². The van der Waals surface area contributed by atoms with Crippen LogP contribution in [0.4, 0.5) is 5.69 Å². The van der Waals surface area contributed by atoms with Gasteiger partial charge in [0, 0.05) is 5.56 Å². The van der Waals surface area contributed by atoms with Gasteiger partial charge in [-0.25, -0.2) is 0 Å². The molecule has 3 rings (SSSR count). The molecule has 0 spiro atoms. The Morgan fingerprint density at radius 3 is 2.55 bits per heavy atom. The fourth-order valence-corrected chi connectivity index (χ4v) is 1.96. The lowest BCUT2D eigenvalue weighted by Crippen LogP contribution is -1.98. The van der Waals surface area contributed by atoms with Gasteiger partial charge in [0.2, 0.25) is 0 Å². The monoisotopic (exact) mass is 265 g/mol. The van der Waals surface area contributed by atoms with E-state index in [1.807, 2.05) is 60.7 Å². The van der Waals surface area contributed by atoms with Gasteiger partial charge in [-0.15, -0.1) is 0 Å². The first kappa shape index (κ1) is 12.3. The van der Waals surface area contributed by atoms with Crippen LogP contribution >= 0.6 is 0 Å². The Morgan fingerprint density at radius 1 is 1.00 bits per heavy atom. The Labute approximate surface area is 117 Å². The van der Waals surface area contributed by atoms with Gasteiger partial charge in [-0.3, -0.25) is 5.10 Å². The summed E-state index contributed by atoms with van der Waals surface area (Å²) in [4.78, 5) is 0. The molecule has 0 radical (unpaired) electrons. The van der Waals surface area contributed by atoms with Crippen molar-refractivity contribution in [2.24, 2.45) is 0 Å². The van der Waals surface area contributed by atoms with Crippen LogP contribution in [0.3, 0.4) is 0 Å². The summed E-state index contributed by atoms with van der Waals surface area (Å²) in [5, 5.41) is 7.26. The zero-order valence-corrected chi connectivity index (χ0v) is 10.9. The van der Waals surface area contributed by atoms with Gasteiger partial charge in [0.25, 0.3) is 0 Å². The van der Waals surface area contributed by atoms with E-state index >= 15 is 0 Å². The van der Waals surface area contributed by atoms with Crippen LogP contribution in [0.25, 0.3) is 11.3 Å². The van der Waals surface area contributed by atoms with E-state index in [-0.39, 0.29) is 0 Å². The molecule has 0 aliphatic heterocycles. The molecule has 2 aromatic carbocycles. The minimum absolute atomic E-state index is 0.411. The molecule has 0 aliphatic rings. The Bertz CT molecular complexity index is 692. The Kier molecular flexibility index (Phi) is 3.37. The number of rotatable bonds is 4. The van der Waals surface area contributed by atoms with E-state index in [9.17, 15) is 0 Å². The van der Waals surface area contributed by atoms with Gasteiger partial charge >= 0.3 is 0 Å². The number of nitrogens with zero attached hydrogens (tertiary/aromatic N) is 1. The van der Waals surface area contributed by atoms with E-state index in [1.54, 1.807) is 0 Å². The topological polar surface area (TPSA) is 63.9 Å². The van der Waals surface area contributed by atoms with Crippen molar-refractivity contribution in [3.05, 3.63) is 66.4 Å². The number of hydrogen-bond acceptors (Lipinski definition) is 3. The molecular weight excluding hydrogens is 250 g/mol. The van der Waals surface area contributed by atoms with Crippen molar-refractivity contribution >= 4 is 5.69 Å². The molecule has 100 valence electrons. The van der Waals surface area contributed by atoms with E-state index in [0.29, 0.717) is 18.0 Å². The number of H-pyrrole nitrogens is 1. The molecule has 0 aliphatic carbocycles. The van der Waals surface area contributed by atoms with Crippen LogP contribution in [0.1, 0.15) is 5.69 Å². The van der Waals surface area contributed by atoms with Crippen molar-refractivity contribution in [2.75, 3.05) is 5.73 Å². The fraction of sp³-hybridized carbons (Fsp3) is 0.0625. The zero-order chi connectivity index (χ0) is 13.8. The first-order valence-electron chi connectivity index (χ1n) is 6.40. The maximum absolute atomic E-state index is 5.83. The molecule has 0 saturated carbocycles. The highest BCUT2D eigenvalue weighted by molar-refractivity contribution is 5.59. The summed E-state index contributed by atoms with van der Waals surface area (Å²) < 4.78 is 5.68. The van der Waals surface area contributed by atoms with Gasteiger partial charge in [0.1, 0.15) is 12.4 Å². The molecule has 0 saturated heterocycles. The molecule has 1 heterocycles. The number of benzene rings is 2. The predicted octanol–water partition coefficient (Wildman–Crippen LogP) is 3.24. The maximum Gasteiger partial charge on any atom is 0.142 e. The van der Waals surface area contributed by atoms with Crippen molar-refractivity contribution in [2.45, 2.75) is 6.61 Å². The van der Waals surface area contributed by atoms with Crippen LogP contribution in [0, 0.1) is 0 Å². The van der Waals surface area contributed by atoms with Crippen LogP contribution in [0.5, 0.6) is 5.75 Å². The minimum atomic E-state index is 0.411. The van der Waals surface area contributed by atoms with E-state index in [1.165, 1.54) is 0 Å². The third-order valence-electron chi connectivity index (χ3n) is 3.00. The van der Waals surface area contributed by atoms with Crippen LogP contribution in [-0.2, 0) is 6.61 Å². The lowest BCUT2D eigenvalue weighted by Gasteiger charge is -2.06. The second-order valence-corrected chi connectivity index (χ2v) is 4.47. The molecule has 0 unspecified atom stereocenters. The van der Waals surface area contributed by atoms with Crippen molar-refractivity contribution in [1.29, 1.82) is 0 Å². The van der Waals surface area contributed by atoms with Crippen LogP contribution < -0.4 is 10.5 Å². The first-order valence-corrected chi connectivity index (χ1v) is 6.40. The second-order valence-electron chi connectivity index (χ2n) is 4.47. The molecule has 3 aromatic rings. The molecule has 4 nitrogen and oxygen atoms in total. The SMILES string of the molecule is Nc1ccccc1OCc1cc(-c2ccccc2)n[nH]1. The molecule has 0 bridgehead atoms. The van der Waals surface area contributed by atoms with Gasteiger partial charge in [-0.1, -0.05) is 42.5 Å². The van der Waals surface area contributed by atoms with Crippen LogP contribution in [0.15, 0.2) is 60.7 Å². The van der Waals surface area contributed by atoms with E-state index < -0.39 is 0 Å². The smallest absolute Gasteiger partial charge is 0.142 e. The summed E-state index contributed by atoms with van der Waals surface area (Å²) in [6, 6.07) is 19.4. The highest BCUT2D eigenvalue weighted by Gasteiger charge is 2.05. The molecule has 0 amide bonds. The average molecular weight is 265 g/mol. The Morgan fingerprint density at radius 2 is 1.75 bits per heavy atom. The van der Waals surface area contributed by atoms with E-state index in [4.69, 9.17) is 10.5 Å². The predicted molar refractivity (Wildman–Crippen MR) is 79.2 cm³/mol. The summed E-state index contributed by atoms with van der Waals surface area (Å²) >= 11 is 0. The van der Waals surface area contributed by atoms with Crippen molar-refractivity contribution in [3.8, 4) is 17.0 Å². The van der Waals surface area contributed by atoms with Crippen LogP contribution in [0.2, 0.25) is 0 Å². The number of anilines is 1. The summed E-state index contributed by atoms with van der Waals surface area (Å²) in [5.41, 5.74) is 9.36. The number of hydrogen-bond donors (Lipinski definition) is 2. The van der Waals surface area contributed by atoms with Gasteiger partial charge in [-0.2, -0.15) is 5.10 Å². The average Bonchev–Trinajstić information content (AvgIpc) is 2.96. The van der Waals surface area contributed by atoms with Crippen LogP contribution in [-0.4, -0.2) is 10.2 Å². The van der Waals surface area contributed by atoms with Gasteiger partial charge in [-0.05, 0) is 18.2 Å². The molecular formula is C16H15N3O. The summed E-state index contributed by atoms with van der Waals surface area (Å²) in [5.74, 6) is 0.684. The van der Waals surface area contributed by atoms with E-state index in [2.05, 4.69) is 10.2 Å². The number of aromatic amines is 1. The number of nitrogens with one attached hydrogen (secondary N) is 1. The number of para-hydroxylation sites is 2. The van der Waals surface area contributed by atoms with Gasteiger partial charge < -0.3 is 10.5 Å². The number of aromatic nitrogens is 2. The Balaban J connectivity index is 1.71. The molecule has 0 fully saturated rings. The third-order valence-corrected chi connectivity index (χ3v) is 3.00. The van der Waals surface area contributed by atoms with Gasteiger partial charge in [0.15, 0.2) is 0 Å². The van der Waals surface area contributed by atoms with E-state index in [0.717, 1.165) is 17.0 Å². The standard InChI is InChI=1S/C16H15N3O/c17-14-8-4-5-9-16(14)20-11-13-10-15(19-18-13)12-6-2-1-3-7-12/h1-10H,11,17H2,(H,18,19). The molecule has 3 N–H and O–H groups in total. The highest BCUT2D eigenvalue weighted by Crippen LogP contribution is 2.22. The summed E-state index contributed by atoms with van der Waals surface area (Å²) in [6.07, 6.45) is 0. The molecule has 20 heavy (non-hydrogen) atoms. The summed E-state index contributed by atoms with van der Waals surface area (Å²) in [6.45, 7) is 0.411. The van der Waals surface area contributed by atoms with Crippen molar-refractivity contribution in [3.63, 3.8) is 0 Å². The summed E-state index contributed by atoms with van der Waals surface area (Å²) in [7, 11) is 0. The lowest BCUT2D eigenvalue weighted by molar-refractivity contribution is 0.303. The highest BCUT2D eigenvalue weighted by atomic mass is 16.5. The number of nitrogens with two attached hydrogens (primary N) is 1. The fourth-order valence-electron chi connectivity index (χ4n) is 1.96. The number of ether oxygens (including phenoxy) is 1. The molecule has 4 heteroatoms. The molecule has 1 aromatic heterocycles. The van der Waals surface area contributed by atoms with Crippen molar-refractivity contribution < 1.29 is 4.74 Å². The Hall–Kier alpha value is -2.75. The van der Waals surface area contributed by atoms with Gasteiger partial charge in [0.05, 0.1) is 17.1 Å². The lowest BCUT2D eigenvalue weighted by atomic mass is 10.1. The second kappa shape index (κ2) is 5.48. The molecule has 0 atom stereocenters. The largest absolute Gasteiger partial charge is 0.485 e. The normalized spacial score (nSPS) is 10.4. The first-order chi connectivity index (χ1) is 9.83. The number of nitrogen functional groups attached to an aromatic ring is 1. The maximum atomic E-state index is 5.83.